The fourth-order valence-electron chi connectivity index (χ4n) is 3.03. The van der Waals surface area contributed by atoms with Crippen LogP contribution in [-0.2, 0) is 0 Å². The van der Waals surface area contributed by atoms with E-state index in [9.17, 15) is 4.79 Å². The molecule has 0 saturated heterocycles. The van der Waals surface area contributed by atoms with Crippen LogP contribution in [0.4, 0.5) is 0 Å². The van der Waals surface area contributed by atoms with Crippen LogP contribution in [0.15, 0.2) is 82.1 Å². The van der Waals surface area contributed by atoms with Crippen molar-refractivity contribution in [1.29, 1.82) is 0 Å². The zero-order valence-corrected chi connectivity index (χ0v) is 16.8. The molecule has 0 N–H and O–H groups in total. The van der Waals surface area contributed by atoms with Crippen molar-refractivity contribution in [3.8, 4) is 11.4 Å². The zero-order valence-electron chi connectivity index (χ0n) is 15.2. The first-order chi connectivity index (χ1) is 13.7. The molecule has 0 saturated carbocycles. The van der Waals surface area contributed by atoms with E-state index in [-0.39, 0.29) is 5.43 Å². The fraction of sp³-hybridized carbons (Fsp3) is 0.0435. The van der Waals surface area contributed by atoms with E-state index >= 15 is 0 Å². The molecule has 28 heavy (non-hydrogen) atoms. The molecule has 0 fully saturated rings. The summed E-state index contributed by atoms with van der Waals surface area (Å²) in [6.45, 7) is 0. The number of nitrogens with zero attached hydrogens (tertiary/aromatic N) is 2. The second-order valence-corrected chi connectivity index (χ2v) is 7.14. The number of hydrogen-bond acceptors (Lipinski definition) is 3. The Morgan fingerprint density at radius 2 is 1.75 bits per heavy atom. The van der Waals surface area contributed by atoms with Gasteiger partial charge in [-0.1, -0.05) is 52.3 Å². The highest BCUT2D eigenvalue weighted by atomic mass is 79.9. The van der Waals surface area contributed by atoms with E-state index in [2.05, 4.69) is 15.9 Å². The molecule has 0 amide bonds. The molecular weight excluding hydrogens is 416 g/mol. The zero-order chi connectivity index (χ0) is 19.5. The van der Waals surface area contributed by atoms with Gasteiger partial charge in [0.05, 0.1) is 18.5 Å². The summed E-state index contributed by atoms with van der Waals surface area (Å²) in [5.74, 6) is 0.792. The molecule has 0 aliphatic heterocycles. The highest BCUT2D eigenvalue weighted by Gasteiger charge is 2.12. The predicted octanol–water partition coefficient (Wildman–Crippen LogP) is 5.33. The van der Waals surface area contributed by atoms with Crippen LogP contribution >= 0.6 is 15.9 Å². The van der Waals surface area contributed by atoms with Gasteiger partial charge in [-0.15, -0.1) is 0 Å². The maximum absolute atomic E-state index is 12.7. The second kappa shape index (κ2) is 7.82. The van der Waals surface area contributed by atoms with Crippen LogP contribution in [0.1, 0.15) is 11.3 Å². The normalized spacial score (nSPS) is 11.2. The van der Waals surface area contributed by atoms with Crippen molar-refractivity contribution >= 4 is 39.0 Å². The van der Waals surface area contributed by atoms with Gasteiger partial charge in [-0.25, -0.2) is 4.68 Å². The van der Waals surface area contributed by atoms with Crippen LogP contribution < -0.4 is 10.2 Å². The summed E-state index contributed by atoms with van der Waals surface area (Å²) < 4.78 is 7.95. The van der Waals surface area contributed by atoms with Crippen molar-refractivity contribution in [3.63, 3.8) is 0 Å². The molecule has 5 heteroatoms. The standard InChI is InChI=1S/C23H17BrN2O2/c1-28-19-6-4-5-16(15-19)9-14-21-20-7-2-3-8-22(27)23(20)26(25-21)18-12-10-17(24)11-13-18/h2-15H,1H3/b14-9+. The molecule has 1 heterocycles. The molecule has 3 aromatic carbocycles. The van der Waals surface area contributed by atoms with Gasteiger partial charge in [0, 0.05) is 9.86 Å². The topological polar surface area (TPSA) is 44.1 Å². The number of methoxy groups -OCH3 is 1. The van der Waals surface area contributed by atoms with Crippen molar-refractivity contribution in [2.24, 2.45) is 0 Å². The molecule has 1 aromatic heterocycles. The lowest BCUT2D eigenvalue weighted by molar-refractivity contribution is 0.414. The maximum Gasteiger partial charge on any atom is 0.204 e. The number of ether oxygens (including phenoxy) is 1. The minimum atomic E-state index is -0.0727. The third kappa shape index (κ3) is 3.62. The van der Waals surface area contributed by atoms with Crippen LogP contribution in [0.3, 0.4) is 0 Å². The fourth-order valence-corrected chi connectivity index (χ4v) is 3.30. The van der Waals surface area contributed by atoms with Crippen molar-refractivity contribution < 1.29 is 4.74 Å². The highest BCUT2D eigenvalue weighted by molar-refractivity contribution is 9.10. The minimum absolute atomic E-state index is 0.0727. The molecule has 4 nitrogen and oxygen atoms in total. The largest absolute Gasteiger partial charge is 0.497 e. The minimum Gasteiger partial charge on any atom is -0.497 e. The molecule has 0 aliphatic rings. The van der Waals surface area contributed by atoms with E-state index in [0.717, 1.165) is 32.6 Å². The monoisotopic (exact) mass is 432 g/mol. The lowest BCUT2D eigenvalue weighted by Crippen LogP contribution is -2.04. The van der Waals surface area contributed by atoms with E-state index in [1.54, 1.807) is 23.9 Å². The van der Waals surface area contributed by atoms with Crippen LogP contribution in [0, 0.1) is 0 Å². The Morgan fingerprint density at radius 1 is 0.964 bits per heavy atom. The molecular formula is C23H17BrN2O2. The van der Waals surface area contributed by atoms with Crippen LogP contribution in [0.2, 0.25) is 0 Å². The summed E-state index contributed by atoms with van der Waals surface area (Å²) >= 11 is 3.44. The molecule has 0 atom stereocenters. The SMILES string of the molecule is COc1cccc(/C=C/c2nn(-c3ccc(Br)cc3)c3c(=O)ccccc23)c1. The van der Waals surface area contributed by atoms with Gasteiger partial charge in [-0.3, -0.25) is 4.79 Å². The number of benzene rings is 2. The van der Waals surface area contributed by atoms with Crippen molar-refractivity contribution in [1.82, 2.24) is 9.78 Å². The third-order valence-corrected chi connectivity index (χ3v) is 4.93. The first-order valence-electron chi connectivity index (χ1n) is 8.76. The Hall–Kier alpha value is -3.18. The van der Waals surface area contributed by atoms with E-state index in [0.29, 0.717) is 5.52 Å². The Balaban J connectivity index is 1.88. The van der Waals surface area contributed by atoms with E-state index in [1.807, 2.05) is 72.8 Å². The van der Waals surface area contributed by atoms with Gasteiger partial charge in [0.2, 0.25) is 5.43 Å². The van der Waals surface area contributed by atoms with Gasteiger partial charge in [0.1, 0.15) is 11.3 Å². The summed E-state index contributed by atoms with van der Waals surface area (Å²) in [5, 5.41) is 5.52. The summed E-state index contributed by atoms with van der Waals surface area (Å²) in [4.78, 5) is 12.7. The smallest absolute Gasteiger partial charge is 0.204 e. The van der Waals surface area contributed by atoms with Crippen molar-refractivity contribution in [2.75, 3.05) is 7.11 Å². The van der Waals surface area contributed by atoms with Gasteiger partial charge in [0.15, 0.2) is 0 Å². The van der Waals surface area contributed by atoms with E-state index < -0.39 is 0 Å². The number of hydrogen-bond donors (Lipinski definition) is 0. The number of fused-ring (bicyclic) bond motifs is 1. The Morgan fingerprint density at radius 3 is 2.54 bits per heavy atom. The Bertz CT molecular complexity index is 1230. The van der Waals surface area contributed by atoms with Gasteiger partial charge < -0.3 is 4.74 Å². The van der Waals surface area contributed by atoms with Crippen LogP contribution in [-0.4, -0.2) is 16.9 Å². The van der Waals surface area contributed by atoms with Gasteiger partial charge in [-0.2, -0.15) is 5.10 Å². The predicted molar refractivity (Wildman–Crippen MR) is 117 cm³/mol. The Labute approximate surface area is 170 Å². The first kappa shape index (κ1) is 18.2. The first-order valence-corrected chi connectivity index (χ1v) is 9.55. The highest BCUT2D eigenvalue weighted by Crippen LogP contribution is 2.23. The summed E-state index contributed by atoms with van der Waals surface area (Å²) in [7, 11) is 1.64. The van der Waals surface area contributed by atoms with Gasteiger partial charge in [-0.05, 0) is 54.1 Å². The lowest BCUT2D eigenvalue weighted by atomic mass is 10.1. The van der Waals surface area contributed by atoms with E-state index in [1.165, 1.54) is 0 Å². The molecule has 0 radical (unpaired) electrons. The summed E-state index contributed by atoms with van der Waals surface area (Å²) in [6.07, 6.45) is 3.89. The van der Waals surface area contributed by atoms with Gasteiger partial charge >= 0.3 is 0 Å². The maximum atomic E-state index is 12.7. The molecule has 4 rings (SSSR count). The van der Waals surface area contributed by atoms with Crippen LogP contribution in [0.5, 0.6) is 5.75 Å². The Kier molecular flexibility index (Phi) is 5.08. The molecule has 0 unspecified atom stereocenters. The molecule has 0 spiro atoms. The molecule has 0 aliphatic carbocycles. The van der Waals surface area contributed by atoms with Gasteiger partial charge in [0.25, 0.3) is 0 Å². The average Bonchev–Trinajstić information content (AvgIpc) is 2.97. The third-order valence-electron chi connectivity index (χ3n) is 4.40. The van der Waals surface area contributed by atoms with E-state index in [4.69, 9.17) is 9.84 Å². The van der Waals surface area contributed by atoms with Crippen LogP contribution in [0.25, 0.3) is 28.7 Å². The summed E-state index contributed by atoms with van der Waals surface area (Å²) in [5.41, 5.74) is 3.04. The van der Waals surface area contributed by atoms with Crippen molar-refractivity contribution in [2.45, 2.75) is 0 Å². The quantitative estimate of drug-likeness (QED) is 0.437. The average molecular weight is 433 g/mol. The second-order valence-electron chi connectivity index (χ2n) is 6.23. The number of aromatic nitrogens is 2. The number of rotatable bonds is 4. The molecule has 138 valence electrons. The molecule has 4 aromatic rings. The summed E-state index contributed by atoms with van der Waals surface area (Å²) in [6, 6.07) is 22.6. The number of halogens is 1. The molecule has 0 bridgehead atoms. The lowest BCUT2D eigenvalue weighted by Gasteiger charge is -2.02. The van der Waals surface area contributed by atoms with Crippen molar-refractivity contribution in [3.05, 3.63) is 98.7 Å².